The first-order valence-corrected chi connectivity index (χ1v) is 8.75. The second-order valence-corrected chi connectivity index (χ2v) is 6.26. The van der Waals surface area contributed by atoms with E-state index in [2.05, 4.69) is 10.3 Å². The Labute approximate surface area is 190 Å². The SMILES string of the molecule is COc1ccc(CN=C(N)NCc2ccc(C)cc2OCC(F)(F)F)cc1OC.I. The van der Waals surface area contributed by atoms with Crippen LogP contribution < -0.4 is 25.3 Å². The Bertz CT molecular complexity index is 861. The maximum absolute atomic E-state index is 12.5. The summed E-state index contributed by atoms with van der Waals surface area (Å²) in [5.74, 6) is 1.50. The van der Waals surface area contributed by atoms with E-state index in [1.165, 1.54) is 0 Å². The minimum absolute atomic E-state index is 0. The maximum atomic E-state index is 12.5. The second kappa shape index (κ2) is 11.7. The van der Waals surface area contributed by atoms with E-state index in [0.717, 1.165) is 11.1 Å². The lowest BCUT2D eigenvalue weighted by atomic mass is 10.1. The first-order valence-electron chi connectivity index (χ1n) is 8.75. The van der Waals surface area contributed by atoms with Crippen LogP contribution in [0.1, 0.15) is 16.7 Å². The highest BCUT2D eigenvalue weighted by Gasteiger charge is 2.28. The van der Waals surface area contributed by atoms with Crippen molar-refractivity contribution in [2.45, 2.75) is 26.2 Å². The first-order chi connectivity index (χ1) is 13.7. The fraction of sp³-hybridized carbons (Fsp3) is 0.350. The lowest BCUT2D eigenvalue weighted by Gasteiger charge is -2.15. The van der Waals surface area contributed by atoms with Crippen LogP contribution in [-0.4, -0.2) is 33.0 Å². The summed E-state index contributed by atoms with van der Waals surface area (Å²) in [6.07, 6.45) is -4.41. The van der Waals surface area contributed by atoms with Gasteiger partial charge in [-0.3, -0.25) is 0 Å². The highest BCUT2D eigenvalue weighted by Crippen LogP contribution is 2.28. The summed E-state index contributed by atoms with van der Waals surface area (Å²) in [6.45, 7) is 0.891. The van der Waals surface area contributed by atoms with Crippen LogP contribution >= 0.6 is 24.0 Å². The lowest BCUT2D eigenvalue weighted by Crippen LogP contribution is -2.31. The molecule has 0 radical (unpaired) electrons. The van der Waals surface area contributed by atoms with E-state index >= 15 is 0 Å². The highest BCUT2D eigenvalue weighted by molar-refractivity contribution is 14.0. The molecule has 0 spiro atoms. The number of alkyl halides is 3. The molecule has 0 unspecified atom stereocenters. The van der Waals surface area contributed by atoms with E-state index in [1.807, 2.05) is 6.07 Å². The number of nitrogens with two attached hydrogens (primary N) is 1. The van der Waals surface area contributed by atoms with Gasteiger partial charge in [-0.2, -0.15) is 13.2 Å². The summed E-state index contributed by atoms with van der Waals surface area (Å²) in [5, 5.41) is 2.89. The third kappa shape index (κ3) is 8.17. The summed E-state index contributed by atoms with van der Waals surface area (Å²) in [5.41, 5.74) is 8.08. The number of ether oxygens (including phenoxy) is 3. The molecule has 0 bridgehead atoms. The predicted octanol–water partition coefficient (Wildman–Crippen LogP) is 4.18. The quantitative estimate of drug-likeness (QED) is 0.299. The Morgan fingerprint density at radius 2 is 1.73 bits per heavy atom. The number of benzene rings is 2. The number of nitrogens with one attached hydrogen (secondary N) is 1. The number of nitrogens with zero attached hydrogens (tertiary/aromatic N) is 1. The summed E-state index contributed by atoms with van der Waals surface area (Å²) in [4.78, 5) is 4.24. The van der Waals surface area contributed by atoms with Crippen molar-refractivity contribution in [1.29, 1.82) is 0 Å². The maximum Gasteiger partial charge on any atom is 0.422 e. The first kappa shape index (κ1) is 25.7. The van der Waals surface area contributed by atoms with Crippen LogP contribution in [0, 0.1) is 6.92 Å². The Morgan fingerprint density at radius 3 is 2.37 bits per heavy atom. The molecule has 0 heterocycles. The molecule has 0 aromatic heterocycles. The number of hydrogen-bond acceptors (Lipinski definition) is 4. The van der Waals surface area contributed by atoms with Crippen LogP contribution in [0.2, 0.25) is 0 Å². The van der Waals surface area contributed by atoms with Crippen LogP contribution in [0.25, 0.3) is 0 Å². The smallest absolute Gasteiger partial charge is 0.422 e. The van der Waals surface area contributed by atoms with Gasteiger partial charge in [0.2, 0.25) is 0 Å². The van der Waals surface area contributed by atoms with Gasteiger partial charge in [0.05, 0.1) is 20.8 Å². The van der Waals surface area contributed by atoms with Crippen LogP contribution in [-0.2, 0) is 13.1 Å². The molecule has 2 aromatic rings. The van der Waals surface area contributed by atoms with Gasteiger partial charge in [-0.25, -0.2) is 4.99 Å². The van der Waals surface area contributed by atoms with Gasteiger partial charge in [-0.1, -0.05) is 18.2 Å². The van der Waals surface area contributed by atoms with Gasteiger partial charge in [0.15, 0.2) is 24.1 Å². The molecule has 3 N–H and O–H groups in total. The van der Waals surface area contributed by atoms with E-state index in [0.29, 0.717) is 23.6 Å². The van der Waals surface area contributed by atoms with Gasteiger partial charge in [0, 0.05) is 12.1 Å². The average molecular weight is 539 g/mol. The number of rotatable bonds is 8. The molecule has 0 atom stereocenters. The zero-order valence-corrected chi connectivity index (χ0v) is 19.2. The number of guanidine groups is 1. The lowest BCUT2D eigenvalue weighted by molar-refractivity contribution is -0.153. The molecular formula is C20H25F3IN3O3. The van der Waals surface area contributed by atoms with Crippen LogP contribution in [0.5, 0.6) is 17.2 Å². The largest absolute Gasteiger partial charge is 0.493 e. The summed E-state index contributed by atoms with van der Waals surface area (Å²) in [7, 11) is 3.09. The zero-order valence-electron chi connectivity index (χ0n) is 16.9. The van der Waals surface area contributed by atoms with Crippen molar-refractivity contribution in [3.8, 4) is 17.2 Å². The molecule has 10 heteroatoms. The summed E-state index contributed by atoms with van der Waals surface area (Å²) in [6, 6.07) is 10.4. The molecule has 166 valence electrons. The van der Waals surface area contributed by atoms with Gasteiger partial charge in [0.1, 0.15) is 5.75 Å². The van der Waals surface area contributed by atoms with Crippen molar-refractivity contribution in [2.24, 2.45) is 10.7 Å². The van der Waals surface area contributed by atoms with Crippen LogP contribution in [0.3, 0.4) is 0 Å². The number of hydrogen-bond donors (Lipinski definition) is 2. The van der Waals surface area contributed by atoms with Crippen molar-refractivity contribution < 1.29 is 27.4 Å². The third-order valence-electron chi connectivity index (χ3n) is 3.95. The van der Waals surface area contributed by atoms with Gasteiger partial charge >= 0.3 is 6.18 Å². The standard InChI is InChI=1S/C20H24F3N3O3.HI/c1-13-4-6-15(17(8-13)29-12-20(21,22)23)11-26-19(24)25-10-14-5-7-16(27-2)18(9-14)28-3;/h4-9H,10-12H2,1-3H3,(H3,24,25,26);1H. The van der Waals surface area contributed by atoms with Crippen molar-refractivity contribution in [1.82, 2.24) is 5.32 Å². The fourth-order valence-electron chi connectivity index (χ4n) is 2.50. The van der Waals surface area contributed by atoms with E-state index in [4.69, 9.17) is 19.9 Å². The second-order valence-electron chi connectivity index (χ2n) is 6.26. The molecule has 0 amide bonds. The summed E-state index contributed by atoms with van der Waals surface area (Å²) >= 11 is 0. The summed E-state index contributed by atoms with van der Waals surface area (Å²) < 4.78 is 52.7. The van der Waals surface area contributed by atoms with Crippen molar-refractivity contribution in [3.05, 3.63) is 53.1 Å². The van der Waals surface area contributed by atoms with Crippen LogP contribution in [0.4, 0.5) is 13.2 Å². The molecule has 0 aliphatic heterocycles. The molecular weight excluding hydrogens is 514 g/mol. The van der Waals surface area contributed by atoms with Gasteiger partial charge in [-0.15, -0.1) is 24.0 Å². The Balaban J connectivity index is 0.00000450. The third-order valence-corrected chi connectivity index (χ3v) is 3.95. The Hall–Kier alpha value is -2.37. The minimum atomic E-state index is -4.41. The molecule has 0 fully saturated rings. The molecule has 6 nitrogen and oxygen atoms in total. The Kier molecular flexibility index (Phi) is 10.0. The monoisotopic (exact) mass is 539 g/mol. The van der Waals surface area contributed by atoms with E-state index < -0.39 is 12.8 Å². The zero-order chi connectivity index (χ0) is 21.4. The minimum Gasteiger partial charge on any atom is -0.493 e. The number of methoxy groups -OCH3 is 2. The molecule has 0 saturated carbocycles. The van der Waals surface area contributed by atoms with Crippen LogP contribution in [0.15, 0.2) is 41.4 Å². The topological polar surface area (TPSA) is 78.1 Å². The number of aliphatic imine (C=N–C) groups is 1. The highest BCUT2D eigenvalue weighted by atomic mass is 127. The number of halogens is 4. The number of aryl methyl sites for hydroxylation is 1. The normalized spacial score (nSPS) is 11.5. The van der Waals surface area contributed by atoms with Crippen molar-refractivity contribution in [3.63, 3.8) is 0 Å². The van der Waals surface area contributed by atoms with Gasteiger partial charge in [0.25, 0.3) is 0 Å². The molecule has 0 saturated heterocycles. The van der Waals surface area contributed by atoms with E-state index in [-0.39, 0.29) is 42.2 Å². The van der Waals surface area contributed by atoms with Gasteiger partial charge in [-0.05, 0) is 36.2 Å². The molecule has 2 aromatic carbocycles. The predicted molar refractivity (Wildman–Crippen MR) is 120 cm³/mol. The van der Waals surface area contributed by atoms with Crippen molar-refractivity contribution >= 4 is 29.9 Å². The van der Waals surface area contributed by atoms with E-state index in [1.54, 1.807) is 51.5 Å². The molecule has 0 aliphatic rings. The molecule has 30 heavy (non-hydrogen) atoms. The average Bonchev–Trinajstić information content (AvgIpc) is 2.69. The Morgan fingerprint density at radius 1 is 1.03 bits per heavy atom. The molecule has 0 aliphatic carbocycles. The molecule has 2 rings (SSSR count). The fourth-order valence-corrected chi connectivity index (χ4v) is 2.50. The van der Waals surface area contributed by atoms with E-state index in [9.17, 15) is 13.2 Å². The van der Waals surface area contributed by atoms with Gasteiger partial charge < -0.3 is 25.3 Å². The van der Waals surface area contributed by atoms with Crippen molar-refractivity contribution in [2.75, 3.05) is 20.8 Å².